The summed E-state index contributed by atoms with van der Waals surface area (Å²) in [5.74, 6) is -0.105. The third-order valence-corrected chi connectivity index (χ3v) is 4.52. The molecule has 0 N–H and O–H groups in total. The number of unbranched alkanes of at least 4 members (excludes halogenated alkanes) is 1. The number of benzene rings is 2. The lowest BCUT2D eigenvalue weighted by Gasteiger charge is -2.14. The zero-order valence-electron chi connectivity index (χ0n) is 15.8. The smallest absolute Gasteiger partial charge is 0.341 e. The maximum absolute atomic E-state index is 12.3. The summed E-state index contributed by atoms with van der Waals surface area (Å²) in [6.07, 6.45) is 1.07. The zero-order chi connectivity index (χ0) is 20.1. The van der Waals surface area contributed by atoms with Crippen molar-refractivity contribution in [2.45, 2.75) is 12.8 Å². The minimum atomic E-state index is -0.500. The van der Waals surface area contributed by atoms with Crippen LogP contribution in [0.3, 0.4) is 0 Å². The molecule has 2 aromatic rings. The van der Waals surface area contributed by atoms with E-state index in [2.05, 4.69) is 0 Å². The first kappa shape index (κ1) is 19.4. The van der Waals surface area contributed by atoms with Crippen molar-refractivity contribution in [3.63, 3.8) is 0 Å². The van der Waals surface area contributed by atoms with E-state index in [1.807, 2.05) is 0 Å². The number of carbonyl (C=O) groups excluding carboxylic acids is 3. The lowest BCUT2D eigenvalue weighted by Crippen LogP contribution is -2.30. The molecule has 0 saturated heterocycles. The summed E-state index contributed by atoms with van der Waals surface area (Å²) in [5, 5.41) is 0. The van der Waals surface area contributed by atoms with Gasteiger partial charge in [0.2, 0.25) is 0 Å². The van der Waals surface area contributed by atoms with Crippen LogP contribution in [0.1, 0.15) is 43.9 Å². The van der Waals surface area contributed by atoms with E-state index in [0.717, 1.165) is 0 Å². The largest absolute Gasteiger partial charge is 0.497 e. The second-order valence-corrected chi connectivity index (χ2v) is 6.22. The van der Waals surface area contributed by atoms with E-state index in [1.165, 1.54) is 19.1 Å². The van der Waals surface area contributed by atoms with E-state index in [9.17, 15) is 14.4 Å². The molecule has 3 rings (SSSR count). The fourth-order valence-corrected chi connectivity index (χ4v) is 3.02. The van der Waals surface area contributed by atoms with Crippen molar-refractivity contribution in [1.82, 2.24) is 4.90 Å². The van der Waals surface area contributed by atoms with Gasteiger partial charge in [0.15, 0.2) is 0 Å². The number of hydrogen-bond donors (Lipinski definition) is 0. The lowest BCUT2D eigenvalue weighted by atomic mass is 10.1. The van der Waals surface area contributed by atoms with Crippen LogP contribution in [0, 0.1) is 0 Å². The summed E-state index contributed by atoms with van der Waals surface area (Å²) in [7, 11) is 2.99. The molecular formula is C21H21NO6. The van der Waals surface area contributed by atoms with Crippen molar-refractivity contribution in [2.24, 2.45) is 0 Å². The second-order valence-electron chi connectivity index (χ2n) is 6.22. The number of ether oxygens (including phenoxy) is 3. The number of nitrogens with zero attached hydrogens (tertiary/aromatic N) is 1. The Bertz CT molecular complexity index is 873. The molecule has 0 aromatic heterocycles. The van der Waals surface area contributed by atoms with Gasteiger partial charge in [-0.3, -0.25) is 14.5 Å². The van der Waals surface area contributed by atoms with Crippen molar-refractivity contribution in [2.75, 3.05) is 27.4 Å². The number of hydrogen-bond acceptors (Lipinski definition) is 6. The third kappa shape index (κ3) is 3.83. The molecule has 0 bridgehead atoms. The fraction of sp³-hybridized carbons (Fsp3) is 0.286. The summed E-state index contributed by atoms with van der Waals surface area (Å²) in [4.78, 5) is 38.0. The van der Waals surface area contributed by atoms with E-state index in [-0.39, 0.29) is 25.0 Å². The third-order valence-electron chi connectivity index (χ3n) is 4.52. The Kier molecular flexibility index (Phi) is 5.93. The van der Waals surface area contributed by atoms with Crippen LogP contribution in [-0.2, 0) is 4.74 Å². The maximum atomic E-state index is 12.3. The number of imide groups is 1. The predicted octanol–water partition coefficient (Wildman–Crippen LogP) is 2.94. The van der Waals surface area contributed by atoms with E-state index >= 15 is 0 Å². The maximum Gasteiger partial charge on any atom is 0.341 e. The van der Waals surface area contributed by atoms with Gasteiger partial charge in [-0.2, -0.15) is 0 Å². The highest BCUT2D eigenvalue weighted by molar-refractivity contribution is 6.21. The lowest BCUT2D eigenvalue weighted by molar-refractivity contribution is 0.0482. The van der Waals surface area contributed by atoms with Crippen LogP contribution in [0.2, 0.25) is 0 Å². The summed E-state index contributed by atoms with van der Waals surface area (Å²) < 4.78 is 15.6. The molecule has 0 unspecified atom stereocenters. The Morgan fingerprint density at radius 1 is 0.929 bits per heavy atom. The summed E-state index contributed by atoms with van der Waals surface area (Å²) in [6.45, 7) is 0.465. The Morgan fingerprint density at radius 3 is 2.21 bits per heavy atom. The van der Waals surface area contributed by atoms with Gasteiger partial charge >= 0.3 is 5.97 Å². The summed E-state index contributed by atoms with van der Waals surface area (Å²) in [5.41, 5.74) is 1.18. The molecule has 0 fully saturated rings. The molecule has 0 atom stereocenters. The van der Waals surface area contributed by atoms with E-state index < -0.39 is 5.97 Å². The van der Waals surface area contributed by atoms with Crippen molar-refractivity contribution < 1.29 is 28.6 Å². The average molecular weight is 383 g/mol. The van der Waals surface area contributed by atoms with Crippen LogP contribution in [0.4, 0.5) is 0 Å². The molecule has 2 amide bonds. The Hall–Kier alpha value is -3.35. The van der Waals surface area contributed by atoms with Gasteiger partial charge in [0.1, 0.15) is 17.1 Å². The average Bonchev–Trinajstić information content (AvgIpc) is 2.97. The molecule has 1 aliphatic rings. The van der Waals surface area contributed by atoms with Crippen molar-refractivity contribution in [3.05, 3.63) is 59.2 Å². The number of esters is 1. The quantitative estimate of drug-likeness (QED) is 0.396. The van der Waals surface area contributed by atoms with Crippen molar-refractivity contribution in [3.8, 4) is 11.5 Å². The number of fused-ring (bicyclic) bond motifs is 1. The fourth-order valence-electron chi connectivity index (χ4n) is 3.02. The molecule has 0 spiro atoms. The van der Waals surface area contributed by atoms with Gasteiger partial charge < -0.3 is 14.2 Å². The number of rotatable bonds is 8. The minimum Gasteiger partial charge on any atom is -0.497 e. The van der Waals surface area contributed by atoms with Gasteiger partial charge in [-0.15, -0.1) is 0 Å². The zero-order valence-corrected chi connectivity index (χ0v) is 15.8. The first-order valence-electron chi connectivity index (χ1n) is 8.91. The van der Waals surface area contributed by atoms with E-state index in [4.69, 9.17) is 14.2 Å². The second kappa shape index (κ2) is 8.56. The molecule has 2 aromatic carbocycles. The highest BCUT2D eigenvalue weighted by atomic mass is 16.5. The van der Waals surface area contributed by atoms with Gasteiger partial charge in [0.25, 0.3) is 11.8 Å². The van der Waals surface area contributed by atoms with Crippen LogP contribution in [0.5, 0.6) is 11.5 Å². The Labute approximate surface area is 162 Å². The topological polar surface area (TPSA) is 82.1 Å². The molecule has 1 heterocycles. The highest BCUT2D eigenvalue weighted by Gasteiger charge is 2.34. The normalized spacial score (nSPS) is 12.7. The molecule has 0 aliphatic carbocycles. The van der Waals surface area contributed by atoms with Crippen molar-refractivity contribution in [1.29, 1.82) is 0 Å². The molecule has 1 aliphatic heterocycles. The number of carbonyl (C=O) groups is 3. The first-order chi connectivity index (χ1) is 13.6. The molecular weight excluding hydrogens is 362 g/mol. The van der Waals surface area contributed by atoms with Gasteiger partial charge in [0, 0.05) is 12.6 Å². The highest BCUT2D eigenvalue weighted by Crippen LogP contribution is 2.25. The van der Waals surface area contributed by atoms with Crippen LogP contribution >= 0.6 is 0 Å². The van der Waals surface area contributed by atoms with Gasteiger partial charge in [-0.25, -0.2) is 4.79 Å². The van der Waals surface area contributed by atoms with E-state index in [0.29, 0.717) is 41.0 Å². The van der Waals surface area contributed by atoms with Crippen molar-refractivity contribution >= 4 is 17.8 Å². The molecule has 146 valence electrons. The first-order valence-corrected chi connectivity index (χ1v) is 8.91. The minimum absolute atomic E-state index is 0.178. The molecule has 0 radical (unpaired) electrons. The molecule has 28 heavy (non-hydrogen) atoms. The van der Waals surface area contributed by atoms with Crippen LogP contribution in [0.15, 0.2) is 42.5 Å². The molecule has 0 saturated carbocycles. The van der Waals surface area contributed by atoms with Gasteiger partial charge in [-0.05, 0) is 37.1 Å². The predicted molar refractivity (Wildman–Crippen MR) is 101 cm³/mol. The summed E-state index contributed by atoms with van der Waals surface area (Å²) >= 11 is 0. The number of methoxy groups -OCH3 is 2. The van der Waals surface area contributed by atoms with Gasteiger partial charge in [-0.1, -0.05) is 12.1 Å². The van der Waals surface area contributed by atoms with E-state index in [1.54, 1.807) is 42.5 Å². The monoisotopic (exact) mass is 383 g/mol. The van der Waals surface area contributed by atoms with Crippen LogP contribution in [0.25, 0.3) is 0 Å². The standard InChI is InChI=1S/C21H21NO6/c1-26-14-9-10-17(18(13-14)27-2)21(25)28-12-6-5-11-22-19(23)15-7-3-4-8-16(15)20(22)24/h3-4,7-10,13H,5-6,11-12H2,1-2H3. The SMILES string of the molecule is COc1ccc(C(=O)OCCCCN2C(=O)c3ccccc3C2=O)c(OC)c1. The molecule has 7 nitrogen and oxygen atoms in total. The number of amides is 2. The van der Waals surface area contributed by atoms with Crippen LogP contribution in [-0.4, -0.2) is 50.1 Å². The van der Waals surface area contributed by atoms with Crippen LogP contribution < -0.4 is 9.47 Å². The van der Waals surface area contributed by atoms with Gasteiger partial charge in [0.05, 0.1) is 32.0 Å². The summed E-state index contributed by atoms with van der Waals surface area (Å²) in [6, 6.07) is 11.6. The Balaban J connectivity index is 1.47. The Morgan fingerprint density at radius 2 is 1.61 bits per heavy atom. The molecule has 7 heteroatoms.